The summed E-state index contributed by atoms with van der Waals surface area (Å²) in [4.78, 5) is 11.6. The average molecular weight is 323 g/mol. The largest absolute Gasteiger partial charge is 0.394 e. The minimum absolute atomic E-state index is 0.122. The second-order valence-corrected chi connectivity index (χ2v) is 4.34. The Labute approximate surface area is 101 Å². The summed E-state index contributed by atoms with van der Waals surface area (Å²) < 4.78 is 13.3. The number of benzene rings is 1. The minimum atomic E-state index is -0.369. The Hall–Kier alpha value is -0.690. The first kappa shape index (κ1) is 12.4. The van der Waals surface area contributed by atoms with E-state index in [2.05, 4.69) is 5.32 Å². The lowest BCUT2D eigenvalue weighted by molar-refractivity contribution is 0.0921. The van der Waals surface area contributed by atoms with E-state index in [4.69, 9.17) is 5.11 Å². The van der Waals surface area contributed by atoms with Gasteiger partial charge >= 0.3 is 0 Å². The second-order valence-electron chi connectivity index (χ2n) is 3.18. The highest BCUT2D eigenvalue weighted by Gasteiger charge is 2.12. The third-order valence-corrected chi connectivity index (χ3v) is 2.72. The van der Waals surface area contributed by atoms with Gasteiger partial charge in [-0.15, -0.1) is 0 Å². The number of rotatable bonds is 3. The molecule has 0 radical (unpaired) electrons. The molecule has 0 aliphatic rings. The van der Waals surface area contributed by atoms with Gasteiger partial charge in [0.25, 0.3) is 5.91 Å². The van der Waals surface area contributed by atoms with Gasteiger partial charge in [-0.3, -0.25) is 4.79 Å². The van der Waals surface area contributed by atoms with Crippen molar-refractivity contribution in [1.82, 2.24) is 5.32 Å². The van der Waals surface area contributed by atoms with Crippen molar-refractivity contribution in [3.63, 3.8) is 0 Å². The van der Waals surface area contributed by atoms with E-state index in [-0.39, 0.29) is 24.4 Å². The van der Waals surface area contributed by atoms with Crippen LogP contribution >= 0.6 is 22.6 Å². The molecule has 1 rings (SSSR count). The summed E-state index contributed by atoms with van der Waals surface area (Å²) in [5.41, 5.74) is 0.414. The third kappa shape index (κ3) is 3.42. The fourth-order valence-corrected chi connectivity index (χ4v) is 1.74. The fourth-order valence-electron chi connectivity index (χ4n) is 1.02. The summed E-state index contributed by atoms with van der Waals surface area (Å²) in [5, 5.41) is 11.4. The first-order valence-corrected chi connectivity index (χ1v) is 5.49. The van der Waals surface area contributed by atoms with Crippen LogP contribution in [0.2, 0.25) is 0 Å². The van der Waals surface area contributed by atoms with Crippen molar-refractivity contribution in [2.75, 3.05) is 6.61 Å². The van der Waals surface area contributed by atoms with Crippen LogP contribution in [0.4, 0.5) is 4.39 Å². The Morgan fingerprint density at radius 2 is 2.33 bits per heavy atom. The van der Waals surface area contributed by atoms with E-state index in [1.807, 2.05) is 22.6 Å². The maximum Gasteiger partial charge on any atom is 0.252 e. The number of hydrogen-bond donors (Lipinski definition) is 2. The Morgan fingerprint density at radius 1 is 1.67 bits per heavy atom. The number of halogens is 2. The molecule has 82 valence electrons. The van der Waals surface area contributed by atoms with E-state index < -0.39 is 0 Å². The van der Waals surface area contributed by atoms with Crippen LogP contribution in [-0.2, 0) is 0 Å². The summed E-state index contributed by atoms with van der Waals surface area (Å²) in [6, 6.07) is 3.65. The van der Waals surface area contributed by atoms with Gasteiger partial charge in [-0.2, -0.15) is 0 Å². The molecule has 0 heterocycles. The molecule has 5 heteroatoms. The predicted octanol–water partition coefficient (Wildman–Crippen LogP) is 1.54. The number of hydrogen-bond acceptors (Lipinski definition) is 2. The average Bonchev–Trinajstić information content (AvgIpc) is 2.17. The van der Waals surface area contributed by atoms with Gasteiger partial charge in [0.05, 0.1) is 12.2 Å². The van der Waals surface area contributed by atoms with E-state index in [1.165, 1.54) is 18.2 Å². The SMILES string of the molecule is C[C@@H](CO)NC(=O)c1ccc(F)cc1I. The smallest absolute Gasteiger partial charge is 0.252 e. The molecule has 0 aliphatic carbocycles. The van der Waals surface area contributed by atoms with E-state index in [0.717, 1.165) is 0 Å². The van der Waals surface area contributed by atoms with Crippen molar-refractivity contribution in [1.29, 1.82) is 0 Å². The summed E-state index contributed by atoms with van der Waals surface area (Å²) in [6.07, 6.45) is 0. The Morgan fingerprint density at radius 3 is 2.87 bits per heavy atom. The lowest BCUT2D eigenvalue weighted by Crippen LogP contribution is -2.35. The predicted molar refractivity (Wildman–Crippen MR) is 63.1 cm³/mol. The van der Waals surface area contributed by atoms with Crippen LogP contribution in [0, 0.1) is 9.39 Å². The van der Waals surface area contributed by atoms with Crippen molar-refractivity contribution in [3.8, 4) is 0 Å². The monoisotopic (exact) mass is 323 g/mol. The Bertz CT molecular complexity index is 370. The third-order valence-electron chi connectivity index (χ3n) is 1.83. The molecule has 0 saturated carbocycles. The maximum atomic E-state index is 12.8. The lowest BCUT2D eigenvalue weighted by atomic mass is 10.2. The number of carbonyl (C=O) groups excluding carboxylic acids is 1. The van der Waals surface area contributed by atoms with E-state index >= 15 is 0 Å². The first-order chi connectivity index (χ1) is 7.04. The van der Waals surface area contributed by atoms with Crippen LogP contribution in [0.3, 0.4) is 0 Å². The summed E-state index contributed by atoms with van der Waals surface area (Å²) in [7, 11) is 0. The molecule has 0 saturated heterocycles. The van der Waals surface area contributed by atoms with Gasteiger partial charge in [0.1, 0.15) is 5.82 Å². The van der Waals surface area contributed by atoms with Crippen molar-refractivity contribution >= 4 is 28.5 Å². The van der Waals surface area contributed by atoms with E-state index in [0.29, 0.717) is 9.13 Å². The van der Waals surface area contributed by atoms with Crippen molar-refractivity contribution in [2.24, 2.45) is 0 Å². The number of nitrogens with one attached hydrogen (secondary N) is 1. The van der Waals surface area contributed by atoms with Crippen molar-refractivity contribution in [2.45, 2.75) is 13.0 Å². The zero-order valence-corrected chi connectivity index (χ0v) is 10.3. The van der Waals surface area contributed by atoms with E-state index in [1.54, 1.807) is 6.92 Å². The van der Waals surface area contributed by atoms with Gasteiger partial charge in [-0.1, -0.05) is 0 Å². The Kier molecular flexibility index (Phi) is 4.46. The molecular weight excluding hydrogens is 312 g/mol. The zero-order chi connectivity index (χ0) is 11.4. The quantitative estimate of drug-likeness (QED) is 0.829. The molecule has 1 aromatic rings. The topological polar surface area (TPSA) is 49.3 Å². The van der Waals surface area contributed by atoms with Crippen LogP contribution in [0.5, 0.6) is 0 Å². The molecule has 0 aliphatic heterocycles. The molecule has 0 aromatic heterocycles. The van der Waals surface area contributed by atoms with Crippen LogP contribution in [0.1, 0.15) is 17.3 Å². The van der Waals surface area contributed by atoms with Crippen LogP contribution in [-0.4, -0.2) is 23.7 Å². The molecule has 2 N–H and O–H groups in total. The molecule has 3 nitrogen and oxygen atoms in total. The van der Waals surface area contributed by atoms with Crippen molar-refractivity contribution in [3.05, 3.63) is 33.1 Å². The molecule has 15 heavy (non-hydrogen) atoms. The summed E-state index contributed by atoms with van der Waals surface area (Å²) in [6.45, 7) is 1.57. The first-order valence-electron chi connectivity index (χ1n) is 4.41. The fraction of sp³-hybridized carbons (Fsp3) is 0.300. The normalized spacial score (nSPS) is 12.3. The number of aliphatic hydroxyl groups excluding tert-OH is 1. The van der Waals surface area contributed by atoms with Gasteiger partial charge in [0.2, 0.25) is 0 Å². The molecule has 0 spiro atoms. The highest BCUT2D eigenvalue weighted by Crippen LogP contribution is 2.13. The van der Waals surface area contributed by atoms with Gasteiger partial charge in [-0.05, 0) is 47.7 Å². The second kappa shape index (κ2) is 5.41. The highest BCUT2D eigenvalue weighted by molar-refractivity contribution is 14.1. The van der Waals surface area contributed by atoms with Gasteiger partial charge < -0.3 is 10.4 Å². The molecule has 0 fully saturated rings. The molecule has 1 atom stereocenters. The molecule has 0 unspecified atom stereocenters. The number of carbonyl (C=O) groups is 1. The molecule has 1 amide bonds. The van der Waals surface area contributed by atoms with Crippen molar-refractivity contribution < 1.29 is 14.3 Å². The highest BCUT2D eigenvalue weighted by atomic mass is 127. The Balaban J connectivity index is 2.82. The lowest BCUT2D eigenvalue weighted by Gasteiger charge is -2.11. The molecular formula is C10H11FINO2. The molecule has 1 aromatic carbocycles. The van der Waals surface area contributed by atoms with Crippen LogP contribution in [0.15, 0.2) is 18.2 Å². The van der Waals surface area contributed by atoms with Gasteiger partial charge in [-0.25, -0.2) is 4.39 Å². The summed E-state index contributed by atoms with van der Waals surface area (Å²) in [5.74, 6) is -0.674. The number of aliphatic hydroxyl groups is 1. The van der Waals surface area contributed by atoms with E-state index in [9.17, 15) is 9.18 Å². The van der Waals surface area contributed by atoms with Gasteiger partial charge in [0.15, 0.2) is 0 Å². The number of amides is 1. The van der Waals surface area contributed by atoms with Gasteiger partial charge in [0, 0.05) is 9.61 Å². The minimum Gasteiger partial charge on any atom is -0.394 e. The maximum absolute atomic E-state index is 12.8. The summed E-state index contributed by atoms with van der Waals surface area (Å²) >= 11 is 1.90. The zero-order valence-electron chi connectivity index (χ0n) is 8.13. The molecule has 0 bridgehead atoms. The van der Waals surface area contributed by atoms with Crippen LogP contribution < -0.4 is 5.32 Å². The van der Waals surface area contributed by atoms with Crippen LogP contribution in [0.25, 0.3) is 0 Å². The standard InChI is InChI=1S/C10H11FINO2/c1-6(5-14)13-10(15)8-3-2-7(11)4-9(8)12/h2-4,6,14H,5H2,1H3,(H,13,15)/t6-/m0/s1.